The molecule has 6 heteroatoms. The van der Waals surface area contributed by atoms with Gasteiger partial charge in [0, 0.05) is 6.26 Å². The first-order valence-electron chi connectivity index (χ1n) is 6.69. The summed E-state index contributed by atoms with van der Waals surface area (Å²) >= 11 is 0. The molecule has 1 N–H and O–H groups in total. The van der Waals surface area contributed by atoms with Gasteiger partial charge in [0.15, 0.2) is 9.84 Å². The molecule has 1 aromatic carbocycles. The van der Waals surface area contributed by atoms with E-state index < -0.39 is 15.8 Å². The molecule has 1 rings (SSSR count). The van der Waals surface area contributed by atoms with Crippen molar-refractivity contribution in [2.24, 2.45) is 0 Å². The lowest BCUT2D eigenvalue weighted by Gasteiger charge is -2.15. The van der Waals surface area contributed by atoms with Gasteiger partial charge in [0.25, 0.3) is 0 Å². The van der Waals surface area contributed by atoms with E-state index in [1.54, 1.807) is 0 Å². The Balaban J connectivity index is 2.56. The fourth-order valence-electron chi connectivity index (χ4n) is 1.81. The minimum atomic E-state index is -3.24. The van der Waals surface area contributed by atoms with E-state index >= 15 is 0 Å². The second-order valence-corrected chi connectivity index (χ2v) is 6.66. The first kappa shape index (κ1) is 16.7. The predicted molar refractivity (Wildman–Crippen MR) is 76.7 cm³/mol. The number of likely N-dealkylation sites (N-methyl/N-ethyl adjacent to an activating group) is 1. The summed E-state index contributed by atoms with van der Waals surface area (Å²) in [5.41, 5.74) is 0.368. The maximum absolute atomic E-state index is 11.8. The molecule has 20 heavy (non-hydrogen) atoms. The number of hydrogen-bond donors (Lipinski definition) is 1. The third-order valence-corrected chi connectivity index (χ3v) is 4.34. The number of benzene rings is 1. The van der Waals surface area contributed by atoms with Crippen LogP contribution < -0.4 is 4.90 Å². The maximum Gasteiger partial charge on any atom is 0.338 e. The van der Waals surface area contributed by atoms with Crippen LogP contribution in [0.2, 0.25) is 0 Å². The summed E-state index contributed by atoms with van der Waals surface area (Å²) in [4.78, 5) is 13.3. The molecule has 0 radical (unpaired) electrons. The molecule has 0 amide bonds. The molecule has 0 unspecified atom stereocenters. The second-order valence-electron chi connectivity index (χ2n) is 4.64. The second kappa shape index (κ2) is 7.40. The Labute approximate surface area is 120 Å². The van der Waals surface area contributed by atoms with Crippen molar-refractivity contribution < 1.29 is 22.8 Å². The van der Waals surface area contributed by atoms with Gasteiger partial charge < -0.3 is 9.64 Å². The highest BCUT2D eigenvalue weighted by Gasteiger charge is 2.11. The molecule has 0 aliphatic rings. The fraction of sp³-hybridized carbons (Fsp3) is 0.500. The van der Waals surface area contributed by atoms with E-state index in [9.17, 15) is 13.2 Å². The van der Waals surface area contributed by atoms with Crippen LogP contribution in [0.1, 0.15) is 24.2 Å². The van der Waals surface area contributed by atoms with Crippen LogP contribution in [0, 0.1) is 0 Å². The van der Waals surface area contributed by atoms with Crippen LogP contribution in [-0.4, -0.2) is 46.9 Å². The molecule has 0 saturated carbocycles. The highest BCUT2D eigenvalue weighted by atomic mass is 32.2. The molecule has 0 heterocycles. The van der Waals surface area contributed by atoms with E-state index in [2.05, 4.69) is 13.8 Å². The van der Waals surface area contributed by atoms with E-state index in [0.717, 1.165) is 25.9 Å². The molecule has 0 aliphatic heterocycles. The zero-order valence-electron chi connectivity index (χ0n) is 12.2. The van der Waals surface area contributed by atoms with Gasteiger partial charge >= 0.3 is 5.97 Å². The number of ether oxygens (including phenoxy) is 1. The summed E-state index contributed by atoms with van der Waals surface area (Å²) in [5, 5.41) is 0. The number of esters is 1. The average molecular weight is 300 g/mol. The third-order valence-electron chi connectivity index (χ3n) is 3.21. The highest BCUT2D eigenvalue weighted by molar-refractivity contribution is 7.90. The lowest BCUT2D eigenvalue weighted by molar-refractivity contribution is -0.896. The summed E-state index contributed by atoms with van der Waals surface area (Å²) in [6.45, 7) is 7.31. The Bertz CT molecular complexity index is 533. The normalized spacial score (nSPS) is 11.6. The monoisotopic (exact) mass is 300 g/mol. The minimum Gasteiger partial charge on any atom is -0.456 e. The number of carbonyl (C=O) groups excluding carboxylic acids is 1. The summed E-state index contributed by atoms with van der Waals surface area (Å²) < 4.78 is 27.8. The molecule has 0 bridgehead atoms. The van der Waals surface area contributed by atoms with Crippen molar-refractivity contribution in [3.63, 3.8) is 0 Å². The van der Waals surface area contributed by atoms with Crippen LogP contribution in [-0.2, 0) is 14.6 Å². The van der Waals surface area contributed by atoms with Gasteiger partial charge in [-0.25, -0.2) is 13.2 Å². The number of hydrogen-bond acceptors (Lipinski definition) is 4. The van der Waals surface area contributed by atoms with Crippen LogP contribution >= 0.6 is 0 Å². The Morgan fingerprint density at radius 1 is 1.15 bits per heavy atom. The first-order chi connectivity index (χ1) is 9.38. The van der Waals surface area contributed by atoms with Gasteiger partial charge in [-0.1, -0.05) is 0 Å². The van der Waals surface area contributed by atoms with Crippen molar-refractivity contribution in [2.75, 3.05) is 32.5 Å². The van der Waals surface area contributed by atoms with Gasteiger partial charge in [-0.15, -0.1) is 0 Å². The maximum atomic E-state index is 11.8. The third kappa shape index (κ3) is 4.94. The molecule has 0 fully saturated rings. The standard InChI is InChI=1S/C14H21NO4S/c1-4-15(5-2)10-11-19-14(16)12-6-8-13(9-7-12)20(3,17)18/h6-9H,4-5,10-11H2,1-3H3/p+1. The van der Waals surface area contributed by atoms with Crippen LogP contribution in [0.15, 0.2) is 29.2 Å². The van der Waals surface area contributed by atoms with Gasteiger partial charge in [-0.2, -0.15) is 0 Å². The van der Waals surface area contributed by atoms with E-state index in [1.807, 2.05) is 0 Å². The van der Waals surface area contributed by atoms with E-state index in [4.69, 9.17) is 4.74 Å². The van der Waals surface area contributed by atoms with E-state index in [0.29, 0.717) is 12.2 Å². The average Bonchev–Trinajstić information content (AvgIpc) is 2.42. The summed E-state index contributed by atoms with van der Waals surface area (Å²) in [6.07, 6.45) is 1.13. The lowest BCUT2D eigenvalue weighted by Crippen LogP contribution is -3.11. The summed E-state index contributed by atoms with van der Waals surface area (Å²) in [5.74, 6) is -0.420. The molecule has 112 valence electrons. The van der Waals surface area contributed by atoms with Gasteiger partial charge in [0.05, 0.1) is 23.5 Å². The van der Waals surface area contributed by atoms with E-state index in [-0.39, 0.29) is 4.90 Å². The number of sulfone groups is 1. The van der Waals surface area contributed by atoms with Crippen LogP contribution in [0.25, 0.3) is 0 Å². The molecule has 5 nitrogen and oxygen atoms in total. The summed E-state index contributed by atoms with van der Waals surface area (Å²) in [7, 11) is -3.24. The van der Waals surface area contributed by atoms with Crippen molar-refractivity contribution in [1.82, 2.24) is 0 Å². The van der Waals surface area contributed by atoms with Crippen molar-refractivity contribution in [3.8, 4) is 0 Å². The molecule has 0 aliphatic carbocycles. The number of rotatable bonds is 7. The van der Waals surface area contributed by atoms with E-state index in [1.165, 1.54) is 29.2 Å². The SMILES string of the molecule is CC[NH+](CC)CCOC(=O)c1ccc(S(C)(=O)=O)cc1. The Morgan fingerprint density at radius 3 is 2.15 bits per heavy atom. The molecule has 0 atom stereocenters. The highest BCUT2D eigenvalue weighted by Crippen LogP contribution is 2.10. The van der Waals surface area contributed by atoms with Gasteiger partial charge in [-0.3, -0.25) is 0 Å². The van der Waals surface area contributed by atoms with Crippen LogP contribution in [0.3, 0.4) is 0 Å². The first-order valence-corrected chi connectivity index (χ1v) is 8.58. The molecule has 1 aromatic rings. The van der Waals surface area contributed by atoms with Crippen molar-refractivity contribution in [2.45, 2.75) is 18.7 Å². The van der Waals surface area contributed by atoms with Gasteiger partial charge in [0.2, 0.25) is 0 Å². The fourth-order valence-corrected chi connectivity index (χ4v) is 2.44. The molecular formula is C14H22NO4S+. The zero-order valence-corrected chi connectivity index (χ0v) is 13.0. The van der Waals surface area contributed by atoms with Crippen molar-refractivity contribution >= 4 is 15.8 Å². The quantitative estimate of drug-likeness (QED) is 0.729. The lowest BCUT2D eigenvalue weighted by atomic mass is 10.2. The minimum absolute atomic E-state index is 0.196. The largest absolute Gasteiger partial charge is 0.456 e. The van der Waals surface area contributed by atoms with Crippen molar-refractivity contribution in [3.05, 3.63) is 29.8 Å². The Hall–Kier alpha value is -1.40. The van der Waals surface area contributed by atoms with Gasteiger partial charge in [0.1, 0.15) is 13.2 Å². The van der Waals surface area contributed by atoms with Crippen LogP contribution in [0.5, 0.6) is 0 Å². The number of quaternary nitrogens is 1. The van der Waals surface area contributed by atoms with Gasteiger partial charge in [-0.05, 0) is 38.1 Å². The predicted octanol–water partition coefficient (Wildman–Crippen LogP) is 0.172. The van der Waals surface area contributed by atoms with Crippen molar-refractivity contribution in [1.29, 1.82) is 0 Å². The zero-order chi connectivity index (χ0) is 15.2. The smallest absolute Gasteiger partial charge is 0.338 e. The number of carbonyl (C=O) groups is 1. The Morgan fingerprint density at radius 2 is 1.70 bits per heavy atom. The molecule has 0 spiro atoms. The van der Waals surface area contributed by atoms with Crippen LogP contribution in [0.4, 0.5) is 0 Å². The topological polar surface area (TPSA) is 64.9 Å². The molecule has 0 aromatic heterocycles. The summed E-state index contributed by atoms with van der Waals surface area (Å²) in [6, 6.07) is 5.79. The molecular weight excluding hydrogens is 278 g/mol. The Kier molecular flexibility index (Phi) is 6.16. The molecule has 0 saturated heterocycles. The number of nitrogens with one attached hydrogen (secondary N) is 1.